The fraction of sp³-hybridized carbons (Fsp3) is 0.381. The number of aromatic nitrogens is 3. The van der Waals surface area contributed by atoms with E-state index < -0.39 is 11.7 Å². The normalized spacial score (nSPS) is 27.1. The highest BCUT2D eigenvalue weighted by atomic mass is 16.6. The molecule has 1 fully saturated rings. The van der Waals surface area contributed by atoms with E-state index in [1.54, 1.807) is 4.52 Å². The number of rotatable bonds is 5. The first-order valence-corrected chi connectivity index (χ1v) is 9.44. The highest BCUT2D eigenvalue weighted by molar-refractivity contribution is 5.66. The van der Waals surface area contributed by atoms with Crippen molar-refractivity contribution in [3.05, 3.63) is 60.0 Å². The van der Waals surface area contributed by atoms with E-state index in [4.69, 9.17) is 15.2 Å². The molecule has 0 radical (unpaired) electrons. The third-order valence-corrected chi connectivity index (χ3v) is 5.51. The summed E-state index contributed by atoms with van der Waals surface area (Å²) in [5.41, 5.74) is 7.00. The molecule has 3 aromatic rings. The first kappa shape index (κ1) is 18.4. The van der Waals surface area contributed by atoms with Crippen molar-refractivity contribution in [3.63, 3.8) is 0 Å². The van der Waals surface area contributed by atoms with Crippen LogP contribution in [0.4, 0.5) is 5.82 Å². The Kier molecular flexibility index (Phi) is 4.75. The van der Waals surface area contributed by atoms with E-state index >= 15 is 0 Å². The Morgan fingerprint density at radius 1 is 1.29 bits per heavy atom. The molecular formula is C21H23N5O2. The first-order valence-electron chi connectivity index (χ1n) is 9.44. The third kappa shape index (κ3) is 2.82. The standard InChI is InChI=1S/C21H23N5O2/c1-3-17-14(2)19(27-11-15-7-5-4-6-8-15)21(12-22,28-17)18-10-9-16-20(23)24-13-25-26(16)18/h4-10,13-14,17,19H,3,11H2,1-2H3,(H2,23,24,25)/t14-,17-,19-,21?/m1/s1. The maximum atomic E-state index is 10.3. The van der Waals surface area contributed by atoms with Crippen molar-refractivity contribution in [2.75, 3.05) is 5.73 Å². The first-order chi connectivity index (χ1) is 13.6. The highest BCUT2D eigenvalue weighted by Gasteiger charge is 2.57. The molecule has 144 valence electrons. The second kappa shape index (κ2) is 7.23. The van der Waals surface area contributed by atoms with Gasteiger partial charge in [0.2, 0.25) is 5.60 Å². The molecule has 4 rings (SSSR count). The number of fused-ring (bicyclic) bond motifs is 1. The van der Waals surface area contributed by atoms with E-state index in [1.807, 2.05) is 42.5 Å². The van der Waals surface area contributed by atoms with E-state index in [2.05, 4.69) is 30.0 Å². The summed E-state index contributed by atoms with van der Waals surface area (Å²) >= 11 is 0. The second-order valence-corrected chi connectivity index (χ2v) is 7.15. The zero-order valence-electron chi connectivity index (χ0n) is 15.9. The van der Waals surface area contributed by atoms with Crippen LogP contribution < -0.4 is 5.73 Å². The summed E-state index contributed by atoms with van der Waals surface area (Å²) in [6.45, 7) is 4.53. The number of hydrogen-bond donors (Lipinski definition) is 1. The Hall–Kier alpha value is -2.95. The highest BCUT2D eigenvalue weighted by Crippen LogP contribution is 2.46. The van der Waals surface area contributed by atoms with Crippen molar-refractivity contribution < 1.29 is 9.47 Å². The Balaban J connectivity index is 1.77. The maximum Gasteiger partial charge on any atom is 0.223 e. The van der Waals surface area contributed by atoms with Crippen LogP contribution in [-0.2, 0) is 21.7 Å². The van der Waals surface area contributed by atoms with Gasteiger partial charge in [0.05, 0.1) is 18.4 Å². The van der Waals surface area contributed by atoms with E-state index in [0.29, 0.717) is 23.6 Å². The SMILES string of the molecule is CC[C@H]1OC(C#N)(c2ccc3c(N)ncnn23)[C@H](OCc2ccccc2)[C@@H]1C. The Bertz CT molecular complexity index is 1010. The zero-order chi connectivity index (χ0) is 19.7. The lowest BCUT2D eigenvalue weighted by Gasteiger charge is -2.28. The maximum absolute atomic E-state index is 10.3. The number of nitrogens with two attached hydrogens (primary N) is 1. The molecule has 4 atom stereocenters. The smallest absolute Gasteiger partial charge is 0.223 e. The van der Waals surface area contributed by atoms with Crippen LogP contribution >= 0.6 is 0 Å². The van der Waals surface area contributed by atoms with Crippen molar-refractivity contribution in [2.45, 2.75) is 44.7 Å². The fourth-order valence-corrected chi connectivity index (χ4v) is 4.05. The van der Waals surface area contributed by atoms with Gasteiger partial charge in [-0.3, -0.25) is 0 Å². The minimum absolute atomic E-state index is 0.0399. The lowest BCUT2D eigenvalue weighted by molar-refractivity contribution is -0.0817. The Labute approximate surface area is 163 Å². The molecule has 2 N–H and O–H groups in total. The average molecular weight is 377 g/mol. The van der Waals surface area contributed by atoms with Gasteiger partial charge in [0.25, 0.3) is 0 Å². The van der Waals surface area contributed by atoms with Gasteiger partial charge in [-0.15, -0.1) is 0 Å². The van der Waals surface area contributed by atoms with Crippen molar-refractivity contribution in [2.24, 2.45) is 5.92 Å². The minimum Gasteiger partial charge on any atom is -0.382 e. The molecular weight excluding hydrogens is 354 g/mol. The molecule has 0 aliphatic carbocycles. The summed E-state index contributed by atoms with van der Waals surface area (Å²) in [7, 11) is 0. The summed E-state index contributed by atoms with van der Waals surface area (Å²) in [6.07, 6.45) is 1.63. The third-order valence-electron chi connectivity index (χ3n) is 5.51. The lowest BCUT2D eigenvalue weighted by Crippen LogP contribution is -2.40. The van der Waals surface area contributed by atoms with Gasteiger partial charge in [-0.1, -0.05) is 44.2 Å². The molecule has 0 bridgehead atoms. The van der Waals surface area contributed by atoms with Crippen LogP contribution in [0.15, 0.2) is 48.8 Å². The van der Waals surface area contributed by atoms with Crippen LogP contribution in [0.3, 0.4) is 0 Å². The molecule has 1 aliphatic heterocycles. The van der Waals surface area contributed by atoms with Gasteiger partial charge < -0.3 is 15.2 Å². The number of nitrogens with zero attached hydrogens (tertiary/aromatic N) is 4. The van der Waals surface area contributed by atoms with Crippen LogP contribution in [0.2, 0.25) is 0 Å². The molecule has 7 nitrogen and oxygen atoms in total. The summed E-state index contributed by atoms with van der Waals surface area (Å²) in [5, 5.41) is 14.6. The summed E-state index contributed by atoms with van der Waals surface area (Å²) in [4.78, 5) is 4.03. The summed E-state index contributed by atoms with van der Waals surface area (Å²) in [5.74, 6) is 0.396. The van der Waals surface area contributed by atoms with Crippen LogP contribution in [-0.4, -0.2) is 26.8 Å². The molecule has 0 amide bonds. The van der Waals surface area contributed by atoms with Crippen molar-refractivity contribution in [1.29, 1.82) is 5.26 Å². The van der Waals surface area contributed by atoms with E-state index in [1.165, 1.54) is 6.33 Å². The predicted molar refractivity (Wildman–Crippen MR) is 104 cm³/mol. The van der Waals surface area contributed by atoms with Gasteiger partial charge in [-0.25, -0.2) is 9.50 Å². The van der Waals surface area contributed by atoms with E-state index in [0.717, 1.165) is 12.0 Å². The second-order valence-electron chi connectivity index (χ2n) is 7.15. The van der Waals surface area contributed by atoms with Crippen molar-refractivity contribution in [3.8, 4) is 6.07 Å². The van der Waals surface area contributed by atoms with Crippen LogP contribution in [0, 0.1) is 17.2 Å². The minimum atomic E-state index is -1.28. The van der Waals surface area contributed by atoms with Gasteiger partial charge in [0.15, 0.2) is 5.82 Å². The molecule has 28 heavy (non-hydrogen) atoms. The van der Waals surface area contributed by atoms with Crippen LogP contribution in [0.5, 0.6) is 0 Å². The molecule has 1 aromatic carbocycles. The Morgan fingerprint density at radius 3 is 2.79 bits per heavy atom. The van der Waals surface area contributed by atoms with Gasteiger partial charge in [-0.2, -0.15) is 10.4 Å². The molecule has 1 unspecified atom stereocenters. The largest absolute Gasteiger partial charge is 0.382 e. The predicted octanol–water partition coefficient (Wildman–Crippen LogP) is 3.06. The molecule has 2 aromatic heterocycles. The Morgan fingerprint density at radius 2 is 2.07 bits per heavy atom. The number of hydrogen-bond acceptors (Lipinski definition) is 6. The van der Waals surface area contributed by atoms with E-state index in [9.17, 15) is 5.26 Å². The number of nitriles is 1. The van der Waals surface area contributed by atoms with Gasteiger partial charge in [-0.05, 0) is 24.1 Å². The molecule has 0 spiro atoms. The van der Waals surface area contributed by atoms with Crippen LogP contribution in [0.25, 0.3) is 5.52 Å². The molecule has 1 aliphatic rings. The van der Waals surface area contributed by atoms with Gasteiger partial charge in [0, 0.05) is 5.92 Å². The monoisotopic (exact) mass is 377 g/mol. The van der Waals surface area contributed by atoms with E-state index in [-0.39, 0.29) is 12.0 Å². The molecule has 3 heterocycles. The van der Waals surface area contributed by atoms with Gasteiger partial charge in [0.1, 0.15) is 24.0 Å². The summed E-state index contributed by atoms with van der Waals surface area (Å²) < 4.78 is 14.3. The zero-order valence-corrected chi connectivity index (χ0v) is 15.9. The molecule has 0 saturated carbocycles. The van der Waals surface area contributed by atoms with Gasteiger partial charge >= 0.3 is 0 Å². The number of ether oxygens (including phenoxy) is 2. The molecule has 1 saturated heterocycles. The average Bonchev–Trinajstić information content (AvgIpc) is 3.28. The molecule has 7 heteroatoms. The quantitative estimate of drug-likeness (QED) is 0.734. The van der Waals surface area contributed by atoms with Crippen LogP contribution in [0.1, 0.15) is 31.5 Å². The topological polar surface area (TPSA) is 98.5 Å². The number of nitrogen functional groups attached to an aromatic ring is 1. The summed E-state index contributed by atoms with van der Waals surface area (Å²) in [6, 6.07) is 16.0. The van der Waals surface area contributed by atoms with Crippen molar-refractivity contribution in [1.82, 2.24) is 14.6 Å². The lowest BCUT2D eigenvalue weighted by atomic mass is 9.87. The number of anilines is 1. The number of benzene rings is 1. The fourth-order valence-electron chi connectivity index (χ4n) is 4.05. The van der Waals surface area contributed by atoms with Crippen molar-refractivity contribution >= 4 is 11.3 Å².